The van der Waals surface area contributed by atoms with Gasteiger partial charge in [0.25, 0.3) is 0 Å². The third kappa shape index (κ3) is 13.0. The van der Waals surface area contributed by atoms with Crippen LogP contribution in [0.1, 0.15) is 78.2 Å². The summed E-state index contributed by atoms with van der Waals surface area (Å²) in [6.07, 6.45) is 3.54. The van der Waals surface area contributed by atoms with Crippen LogP contribution in [-0.4, -0.2) is 65.7 Å². The summed E-state index contributed by atoms with van der Waals surface area (Å²) in [5.74, 6) is -1.86. The molecule has 0 aromatic heterocycles. The fraction of sp³-hybridized carbons (Fsp3) is 0.562. The van der Waals surface area contributed by atoms with Gasteiger partial charge in [-0.3, -0.25) is 24.0 Å². The number of hydrogen-bond donors (Lipinski definition) is 5. The summed E-state index contributed by atoms with van der Waals surface area (Å²) in [4.78, 5) is 75.3. The summed E-state index contributed by atoms with van der Waals surface area (Å²) in [6, 6.07) is 4.19. The van der Waals surface area contributed by atoms with Crippen molar-refractivity contribution in [2.75, 3.05) is 18.4 Å². The number of ether oxygens (including phenoxy) is 1. The number of primary amides is 1. The molecule has 1 aromatic rings. The summed E-state index contributed by atoms with van der Waals surface area (Å²) in [5.41, 5.74) is 7.18. The minimum atomic E-state index is -0.961. The fourth-order valence-corrected chi connectivity index (χ4v) is 4.90. The van der Waals surface area contributed by atoms with Crippen molar-refractivity contribution in [1.82, 2.24) is 20.9 Å². The van der Waals surface area contributed by atoms with Gasteiger partial charge in [-0.05, 0) is 55.7 Å². The number of nitrogens with two attached hydrogens (primary N) is 1. The van der Waals surface area contributed by atoms with E-state index >= 15 is 0 Å². The Hall–Kier alpha value is -4.42. The van der Waals surface area contributed by atoms with Crippen LogP contribution in [0.4, 0.5) is 10.5 Å². The first kappa shape index (κ1) is 36.8. The second kappa shape index (κ2) is 18.4. The Labute approximate surface area is 265 Å². The van der Waals surface area contributed by atoms with Gasteiger partial charge in [0.15, 0.2) is 0 Å². The van der Waals surface area contributed by atoms with Crippen LogP contribution < -0.4 is 27.0 Å². The molecule has 1 aromatic carbocycles. The minimum Gasteiger partial charge on any atom is -0.461 e. The van der Waals surface area contributed by atoms with E-state index in [0.717, 1.165) is 24.1 Å². The zero-order chi connectivity index (χ0) is 33.5. The van der Waals surface area contributed by atoms with E-state index in [2.05, 4.69) is 27.8 Å². The maximum absolute atomic E-state index is 13.3. The quantitative estimate of drug-likeness (QED) is 0.122. The monoisotopic (exact) mass is 628 g/mol. The topological polar surface area (TPSA) is 189 Å². The Balaban J connectivity index is 1.93. The van der Waals surface area contributed by atoms with Crippen molar-refractivity contribution in [3.05, 3.63) is 42.1 Å². The third-order valence-corrected chi connectivity index (χ3v) is 7.43. The molecule has 1 heterocycles. The molecule has 1 saturated heterocycles. The number of allylic oxidation sites excluding steroid dienone is 1. The highest BCUT2D eigenvalue weighted by molar-refractivity contribution is 5.98. The fourth-order valence-electron chi connectivity index (χ4n) is 4.90. The van der Waals surface area contributed by atoms with Gasteiger partial charge in [0, 0.05) is 43.7 Å². The molecule has 0 saturated carbocycles. The van der Waals surface area contributed by atoms with Gasteiger partial charge in [-0.1, -0.05) is 45.9 Å². The standard InChI is InChI=1S/C32H48N6O7/c1-20(2)28(37-27(40)11-7-6-8-17-38-22(4)18-21(3)31(38)43)30(42)36-26(10-9-16-34-32(33)44)29(41)35-25-14-12-24(13-15-25)19-45-23(5)39/h12-15,20-21,26,28H,4,6-11,16-19H2,1-3,5H3,(H,35,41)(H,36,42)(H,37,40)(H3,33,34,44)/t21?,26-,28-/m0/s1. The van der Waals surface area contributed by atoms with Crippen molar-refractivity contribution in [3.8, 4) is 0 Å². The highest BCUT2D eigenvalue weighted by Gasteiger charge is 2.31. The van der Waals surface area contributed by atoms with Crippen molar-refractivity contribution in [3.63, 3.8) is 0 Å². The number of amides is 6. The minimum absolute atomic E-state index is 0.0358. The van der Waals surface area contributed by atoms with Crippen molar-refractivity contribution in [2.45, 2.75) is 91.3 Å². The van der Waals surface area contributed by atoms with Crippen molar-refractivity contribution in [1.29, 1.82) is 0 Å². The lowest BCUT2D eigenvalue weighted by Crippen LogP contribution is -2.54. The van der Waals surface area contributed by atoms with Gasteiger partial charge in [-0.2, -0.15) is 0 Å². The van der Waals surface area contributed by atoms with Gasteiger partial charge in [0.05, 0.1) is 0 Å². The molecule has 0 spiro atoms. The number of hydrogen-bond acceptors (Lipinski definition) is 7. The smallest absolute Gasteiger partial charge is 0.312 e. The SMILES string of the molecule is C=C1CC(C)C(=O)N1CCCCCC(=O)N[C@H](C(=O)N[C@@H](CCCNC(N)=O)C(=O)Nc1ccc(COC(C)=O)cc1)C(C)C. The first-order valence-corrected chi connectivity index (χ1v) is 15.4. The van der Waals surface area contributed by atoms with Gasteiger partial charge in [0.1, 0.15) is 18.7 Å². The highest BCUT2D eigenvalue weighted by atomic mass is 16.5. The van der Waals surface area contributed by atoms with E-state index in [1.165, 1.54) is 6.92 Å². The number of urea groups is 1. The molecule has 2 rings (SSSR count). The third-order valence-electron chi connectivity index (χ3n) is 7.43. The van der Waals surface area contributed by atoms with E-state index in [9.17, 15) is 28.8 Å². The van der Waals surface area contributed by atoms with Crippen LogP contribution in [0.2, 0.25) is 0 Å². The number of rotatable bonds is 18. The number of benzene rings is 1. The van der Waals surface area contributed by atoms with Crippen LogP contribution in [-0.2, 0) is 35.3 Å². The number of esters is 1. The molecular formula is C32H48N6O7. The van der Waals surface area contributed by atoms with Gasteiger partial charge >= 0.3 is 12.0 Å². The average molecular weight is 629 g/mol. The molecule has 6 N–H and O–H groups in total. The molecule has 13 heteroatoms. The molecule has 3 atom stereocenters. The Morgan fingerprint density at radius 1 is 1.02 bits per heavy atom. The van der Waals surface area contributed by atoms with Gasteiger partial charge in [-0.15, -0.1) is 0 Å². The molecule has 6 amide bonds. The van der Waals surface area contributed by atoms with Crippen LogP contribution in [0.25, 0.3) is 0 Å². The number of nitrogens with one attached hydrogen (secondary N) is 4. The van der Waals surface area contributed by atoms with Crippen LogP contribution >= 0.6 is 0 Å². The zero-order valence-corrected chi connectivity index (χ0v) is 26.8. The van der Waals surface area contributed by atoms with Gasteiger partial charge in [0.2, 0.25) is 23.6 Å². The van der Waals surface area contributed by atoms with Crippen LogP contribution in [0.15, 0.2) is 36.5 Å². The normalized spacial score (nSPS) is 15.8. The first-order chi connectivity index (χ1) is 21.3. The molecule has 248 valence electrons. The van der Waals surface area contributed by atoms with E-state index in [-0.39, 0.29) is 49.6 Å². The molecule has 0 aliphatic carbocycles. The number of likely N-dealkylation sites (tertiary alicyclic amines) is 1. The van der Waals surface area contributed by atoms with Crippen LogP contribution in [0.3, 0.4) is 0 Å². The molecule has 1 aliphatic heterocycles. The van der Waals surface area contributed by atoms with Gasteiger partial charge < -0.3 is 36.6 Å². The van der Waals surface area contributed by atoms with Crippen molar-refractivity contribution >= 4 is 41.3 Å². The first-order valence-electron chi connectivity index (χ1n) is 15.4. The lowest BCUT2D eigenvalue weighted by atomic mass is 10.0. The Morgan fingerprint density at radius 2 is 1.71 bits per heavy atom. The van der Waals surface area contributed by atoms with E-state index in [1.807, 2.05) is 6.92 Å². The van der Waals surface area contributed by atoms with E-state index < -0.39 is 35.9 Å². The van der Waals surface area contributed by atoms with Crippen LogP contribution in [0.5, 0.6) is 0 Å². The van der Waals surface area contributed by atoms with E-state index in [4.69, 9.17) is 10.5 Å². The maximum atomic E-state index is 13.3. The van der Waals surface area contributed by atoms with Gasteiger partial charge in [-0.25, -0.2) is 4.79 Å². The Morgan fingerprint density at radius 3 is 2.29 bits per heavy atom. The Bertz CT molecular complexity index is 1220. The molecule has 1 unspecified atom stereocenters. The largest absolute Gasteiger partial charge is 0.461 e. The van der Waals surface area contributed by atoms with Crippen LogP contribution in [0, 0.1) is 11.8 Å². The second-order valence-corrected chi connectivity index (χ2v) is 11.7. The lowest BCUT2D eigenvalue weighted by Gasteiger charge is -2.25. The number of carbonyl (C=O) groups is 6. The predicted molar refractivity (Wildman–Crippen MR) is 169 cm³/mol. The molecule has 1 fully saturated rings. The number of anilines is 1. The lowest BCUT2D eigenvalue weighted by molar-refractivity contribution is -0.142. The number of nitrogens with zero attached hydrogens (tertiary/aromatic N) is 1. The van der Waals surface area contributed by atoms with E-state index in [0.29, 0.717) is 31.5 Å². The molecule has 13 nitrogen and oxygen atoms in total. The summed E-state index contributed by atoms with van der Waals surface area (Å²) in [6.45, 7) is 11.7. The summed E-state index contributed by atoms with van der Waals surface area (Å²) in [7, 11) is 0. The van der Waals surface area contributed by atoms with Crippen molar-refractivity contribution < 1.29 is 33.5 Å². The molecule has 0 bridgehead atoms. The number of carbonyl (C=O) groups excluding carboxylic acids is 6. The summed E-state index contributed by atoms with van der Waals surface area (Å²) in [5, 5.41) is 10.8. The maximum Gasteiger partial charge on any atom is 0.312 e. The van der Waals surface area contributed by atoms with Crippen molar-refractivity contribution in [2.24, 2.45) is 17.6 Å². The second-order valence-electron chi connectivity index (χ2n) is 11.7. The number of unbranched alkanes of at least 4 members (excludes halogenated alkanes) is 2. The summed E-state index contributed by atoms with van der Waals surface area (Å²) < 4.78 is 4.98. The molecular weight excluding hydrogens is 580 g/mol. The molecule has 0 radical (unpaired) electrons. The predicted octanol–water partition coefficient (Wildman–Crippen LogP) is 2.70. The van der Waals surface area contributed by atoms with E-state index in [1.54, 1.807) is 43.0 Å². The zero-order valence-electron chi connectivity index (χ0n) is 26.8. The average Bonchev–Trinajstić information content (AvgIpc) is 3.21. The highest BCUT2D eigenvalue weighted by Crippen LogP contribution is 2.26. The summed E-state index contributed by atoms with van der Waals surface area (Å²) >= 11 is 0. The molecule has 1 aliphatic rings. The Kier molecular flexibility index (Phi) is 15.0. The molecule has 45 heavy (non-hydrogen) atoms.